The number of pyridine rings is 1. The van der Waals surface area contributed by atoms with Gasteiger partial charge in [0.2, 0.25) is 5.91 Å². The molecular formula is C19H14Cl3N3O2. The van der Waals surface area contributed by atoms with Gasteiger partial charge in [-0.25, -0.2) is 0 Å². The molecule has 8 heteroatoms. The van der Waals surface area contributed by atoms with Gasteiger partial charge in [-0.05, 0) is 35.9 Å². The van der Waals surface area contributed by atoms with Crippen LogP contribution in [0.1, 0.15) is 15.9 Å². The zero-order valence-electron chi connectivity index (χ0n) is 13.8. The molecule has 0 fully saturated rings. The van der Waals surface area contributed by atoms with Gasteiger partial charge in [0, 0.05) is 17.7 Å². The number of nitrogens with zero attached hydrogens (tertiary/aromatic N) is 1. The van der Waals surface area contributed by atoms with Crippen molar-refractivity contribution in [3.8, 4) is 0 Å². The molecule has 0 atom stereocenters. The molecule has 0 aliphatic heterocycles. The van der Waals surface area contributed by atoms with Gasteiger partial charge in [-0.3, -0.25) is 14.6 Å². The van der Waals surface area contributed by atoms with E-state index in [1.54, 1.807) is 42.6 Å². The number of para-hydroxylation sites is 1. The molecule has 0 aliphatic carbocycles. The Labute approximate surface area is 171 Å². The van der Waals surface area contributed by atoms with Crippen LogP contribution in [0.25, 0.3) is 17.0 Å². The molecule has 5 nitrogen and oxygen atoms in total. The van der Waals surface area contributed by atoms with Crippen molar-refractivity contribution in [1.29, 1.82) is 0 Å². The van der Waals surface area contributed by atoms with E-state index in [1.807, 2.05) is 12.1 Å². The van der Waals surface area contributed by atoms with E-state index in [-0.39, 0.29) is 28.0 Å². The van der Waals surface area contributed by atoms with Crippen LogP contribution in [0.4, 0.5) is 5.69 Å². The Kier molecular flexibility index (Phi) is 6.80. The van der Waals surface area contributed by atoms with E-state index in [4.69, 9.17) is 28.9 Å². The van der Waals surface area contributed by atoms with E-state index >= 15 is 0 Å². The zero-order chi connectivity index (χ0) is 18.7. The number of carbonyl (C=O) groups excluding carboxylic acids is 2. The molecule has 1 aromatic heterocycles. The fourth-order valence-corrected chi connectivity index (χ4v) is 3.02. The maximum Gasteiger partial charge on any atom is 0.258 e. The van der Waals surface area contributed by atoms with Gasteiger partial charge in [-0.2, -0.15) is 0 Å². The molecule has 138 valence electrons. The van der Waals surface area contributed by atoms with Crippen LogP contribution in [-0.4, -0.2) is 16.8 Å². The number of anilines is 1. The summed E-state index contributed by atoms with van der Waals surface area (Å²) in [4.78, 5) is 27.8. The van der Waals surface area contributed by atoms with Gasteiger partial charge >= 0.3 is 0 Å². The van der Waals surface area contributed by atoms with Gasteiger partial charge in [0.15, 0.2) is 0 Å². The van der Waals surface area contributed by atoms with Crippen molar-refractivity contribution < 1.29 is 9.59 Å². The first-order chi connectivity index (χ1) is 12.5. The lowest BCUT2D eigenvalue weighted by Crippen LogP contribution is -2.13. The number of rotatable bonds is 4. The van der Waals surface area contributed by atoms with Crippen LogP contribution < -0.4 is 11.1 Å². The van der Waals surface area contributed by atoms with Crippen LogP contribution in [0.2, 0.25) is 10.0 Å². The lowest BCUT2D eigenvalue weighted by atomic mass is 10.1. The van der Waals surface area contributed by atoms with E-state index < -0.39 is 11.8 Å². The quantitative estimate of drug-likeness (QED) is 0.597. The summed E-state index contributed by atoms with van der Waals surface area (Å²) in [7, 11) is 0. The van der Waals surface area contributed by atoms with E-state index in [2.05, 4.69) is 10.3 Å². The molecule has 2 amide bonds. The maximum atomic E-state index is 12.6. The number of hydrogen-bond donors (Lipinski definition) is 2. The van der Waals surface area contributed by atoms with Crippen LogP contribution >= 0.6 is 35.6 Å². The number of amides is 2. The molecule has 1 heterocycles. The number of primary amides is 1. The Bertz CT molecular complexity index is 1030. The molecule has 3 N–H and O–H groups in total. The number of nitrogens with two attached hydrogens (primary N) is 1. The number of hydrogen-bond acceptors (Lipinski definition) is 3. The summed E-state index contributed by atoms with van der Waals surface area (Å²) in [6.45, 7) is 0. The molecule has 0 spiro atoms. The van der Waals surface area contributed by atoms with Crippen LogP contribution in [-0.2, 0) is 4.79 Å². The van der Waals surface area contributed by atoms with Crippen molar-refractivity contribution in [2.75, 3.05) is 5.32 Å². The lowest BCUT2D eigenvalue weighted by Gasteiger charge is -2.10. The third kappa shape index (κ3) is 4.77. The van der Waals surface area contributed by atoms with E-state index in [9.17, 15) is 9.59 Å². The van der Waals surface area contributed by atoms with E-state index in [1.165, 1.54) is 6.08 Å². The standard InChI is InChI=1S/C19H13Cl2N3O2.ClH/c20-13-4-2-5-14(21)17(13)19(26)24-15-6-1-3-12-9-11(7-8-16(22)25)10-23-18(12)15;/h1-10H,(H2,22,25)(H,24,26);1H. The lowest BCUT2D eigenvalue weighted by molar-refractivity contribution is -0.113. The summed E-state index contributed by atoms with van der Waals surface area (Å²) in [5, 5.41) is 4.11. The second-order valence-electron chi connectivity index (χ2n) is 5.43. The normalized spacial score (nSPS) is 10.6. The molecule has 0 radical (unpaired) electrons. The first kappa shape index (κ1) is 20.7. The molecule has 0 saturated heterocycles. The molecule has 3 aromatic rings. The Morgan fingerprint density at radius 3 is 2.41 bits per heavy atom. The predicted molar refractivity (Wildman–Crippen MR) is 112 cm³/mol. The van der Waals surface area contributed by atoms with Crippen molar-refractivity contribution in [2.45, 2.75) is 0 Å². The highest BCUT2D eigenvalue weighted by atomic mass is 35.5. The van der Waals surface area contributed by atoms with Crippen LogP contribution in [0.15, 0.2) is 54.7 Å². The van der Waals surface area contributed by atoms with Gasteiger partial charge in [0.1, 0.15) is 0 Å². The fraction of sp³-hybridized carbons (Fsp3) is 0. The summed E-state index contributed by atoms with van der Waals surface area (Å²) < 4.78 is 0. The number of aromatic nitrogens is 1. The molecule has 0 bridgehead atoms. The molecule has 0 aliphatic rings. The Hall–Kier alpha value is -2.60. The molecule has 2 aromatic carbocycles. The number of benzene rings is 2. The number of halogens is 3. The summed E-state index contributed by atoms with van der Waals surface area (Å²) in [6, 6.07) is 12.1. The molecule has 0 saturated carbocycles. The average molecular weight is 423 g/mol. The smallest absolute Gasteiger partial charge is 0.258 e. The molecular weight excluding hydrogens is 409 g/mol. The van der Waals surface area contributed by atoms with Gasteiger partial charge in [0.25, 0.3) is 5.91 Å². The van der Waals surface area contributed by atoms with Gasteiger partial charge in [0.05, 0.1) is 26.8 Å². The predicted octanol–water partition coefficient (Wildman–Crippen LogP) is 4.71. The van der Waals surface area contributed by atoms with Crippen molar-refractivity contribution in [2.24, 2.45) is 5.73 Å². The highest BCUT2D eigenvalue weighted by Gasteiger charge is 2.16. The van der Waals surface area contributed by atoms with E-state index in [0.29, 0.717) is 16.8 Å². The van der Waals surface area contributed by atoms with E-state index in [0.717, 1.165) is 5.39 Å². The molecule has 27 heavy (non-hydrogen) atoms. The third-order valence-corrected chi connectivity index (χ3v) is 4.24. The largest absolute Gasteiger partial charge is 0.366 e. The summed E-state index contributed by atoms with van der Waals surface area (Å²) in [5.74, 6) is -0.963. The van der Waals surface area contributed by atoms with Crippen molar-refractivity contribution in [3.05, 3.63) is 75.9 Å². The minimum Gasteiger partial charge on any atom is -0.366 e. The van der Waals surface area contributed by atoms with Crippen LogP contribution in [0.3, 0.4) is 0 Å². The van der Waals surface area contributed by atoms with Crippen molar-refractivity contribution >= 4 is 70.1 Å². The highest BCUT2D eigenvalue weighted by molar-refractivity contribution is 6.40. The highest BCUT2D eigenvalue weighted by Crippen LogP contribution is 2.27. The van der Waals surface area contributed by atoms with Gasteiger partial charge in [-0.1, -0.05) is 41.4 Å². The van der Waals surface area contributed by atoms with Crippen LogP contribution in [0, 0.1) is 0 Å². The van der Waals surface area contributed by atoms with Gasteiger partial charge < -0.3 is 11.1 Å². The minimum atomic E-state index is -0.539. The first-order valence-electron chi connectivity index (χ1n) is 7.57. The monoisotopic (exact) mass is 421 g/mol. The van der Waals surface area contributed by atoms with Gasteiger partial charge in [-0.15, -0.1) is 12.4 Å². The summed E-state index contributed by atoms with van der Waals surface area (Å²) in [6.07, 6.45) is 4.41. The Morgan fingerprint density at radius 2 is 1.74 bits per heavy atom. The maximum absolute atomic E-state index is 12.6. The minimum absolute atomic E-state index is 0. The number of nitrogens with one attached hydrogen (secondary N) is 1. The summed E-state index contributed by atoms with van der Waals surface area (Å²) in [5.41, 5.74) is 7.14. The SMILES string of the molecule is Cl.NC(=O)C=Cc1cnc2c(NC(=O)c3c(Cl)cccc3Cl)cccc2c1. The second-order valence-corrected chi connectivity index (χ2v) is 6.25. The zero-order valence-corrected chi connectivity index (χ0v) is 16.1. The molecule has 3 rings (SSSR count). The number of carbonyl (C=O) groups is 2. The Morgan fingerprint density at radius 1 is 1.07 bits per heavy atom. The third-order valence-electron chi connectivity index (χ3n) is 3.61. The number of fused-ring (bicyclic) bond motifs is 1. The first-order valence-corrected chi connectivity index (χ1v) is 8.33. The second kappa shape index (κ2) is 8.86. The fourth-order valence-electron chi connectivity index (χ4n) is 2.45. The average Bonchev–Trinajstić information content (AvgIpc) is 2.60. The van der Waals surface area contributed by atoms with Crippen LogP contribution in [0.5, 0.6) is 0 Å². The van der Waals surface area contributed by atoms with Crippen molar-refractivity contribution in [3.63, 3.8) is 0 Å². The Balaban J connectivity index is 0.00000261. The topological polar surface area (TPSA) is 85.1 Å². The molecule has 0 unspecified atom stereocenters. The summed E-state index contributed by atoms with van der Waals surface area (Å²) >= 11 is 12.2. The van der Waals surface area contributed by atoms with Crippen molar-refractivity contribution in [1.82, 2.24) is 4.98 Å².